The molecule has 0 saturated carbocycles. The highest BCUT2D eigenvalue weighted by molar-refractivity contribution is 9.10. The lowest BCUT2D eigenvalue weighted by molar-refractivity contribution is -0.140. The number of benzene rings is 1. The number of halogens is 4. The number of aliphatic hydroxyl groups excluding tert-OH is 1. The third-order valence-corrected chi connectivity index (χ3v) is 5.13. The number of anilines is 2. The third kappa shape index (κ3) is 3.84. The van der Waals surface area contributed by atoms with Crippen LogP contribution < -0.4 is 10.2 Å². The molecule has 2 aromatic rings. The highest BCUT2D eigenvalue weighted by Gasteiger charge is 2.34. The van der Waals surface area contributed by atoms with E-state index in [0.717, 1.165) is 45.4 Å². The van der Waals surface area contributed by atoms with Crippen molar-refractivity contribution in [3.8, 4) is 0 Å². The van der Waals surface area contributed by atoms with Crippen LogP contribution in [0.3, 0.4) is 0 Å². The van der Waals surface area contributed by atoms with E-state index in [0.29, 0.717) is 6.54 Å². The Balaban J connectivity index is 1.67. The second-order valence-corrected chi connectivity index (χ2v) is 7.32. The minimum absolute atomic E-state index is 0.0208. The molecule has 0 aliphatic carbocycles. The lowest BCUT2D eigenvalue weighted by atomic mass is 10.1. The molecule has 0 bridgehead atoms. The molecule has 1 aromatic carbocycles. The van der Waals surface area contributed by atoms with E-state index in [2.05, 4.69) is 31.1 Å². The van der Waals surface area contributed by atoms with Crippen molar-refractivity contribution in [3.63, 3.8) is 0 Å². The number of hydrogen-bond donors (Lipinski definition) is 2. The average molecular weight is 422 g/mol. The van der Waals surface area contributed by atoms with Gasteiger partial charge in [0.1, 0.15) is 0 Å². The molecular formula is C15H15BrF3N3OS. The second-order valence-electron chi connectivity index (χ2n) is 5.54. The van der Waals surface area contributed by atoms with Crippen LogP contribution in [-0.2, 0) is 12.8 Å². The van der Waals surface area contributed by atoms with Gasteiger partial charge in [-0.15, -0.1) is 11.3 Å². The summed E-state index contributed by atoms with van der Waals surface area (Å²) in [5.41, 5.74) is 0.902. The number of nitrogens with one attached hydrogen (secondary N) is 1. The number of thiazole rings is 1. The molecule has 1 aromatic heterocycles. The van der Waals surface area contributed by atoms with Gasteiger partial charge in [0, 0.05) is 40.2 Å². The fraction of sp³-hybridized carbons (Fsp3) is 0.400. The summed E-state index contributed by atoms with van der Waals surface area (Å²) in [6.07, 6.45) is -3.62. The van der Waals surface area contributed by atoms with Crippen molar-refractivity contribution >= 4 is 38.1 Å². The number of rotatable bonds is 4. The highest BCUT2D eigenvalue weighted by Crippen LogP contribution is 2.33. The molecule has 1 aliphatic heterocycles. The third-order valence-electron chi connectivity index (χ3n) is 3.86. The quantitative estimate of drug-likeness (QED) is 0.779. The molecule has 2 heterocycles. The van der Waals surface area contributed by atoms with E-state index in [-0.39, 0.29) is 17.8 Å². The van der Waals surface area contributed by atoms with E-state index in [9.17, 15) is 18.3 Å². The summed E-state index contributed by atoms with van der Waals surface area (Å²) in [5.74, 6) is 0. The van der Waals surface area contributed by atoms with Crippen LogP contribution in [0.15, 0.2) is 28.1 Å². The first-order valence-electron chi connectivity index (χ1n) is 7.30. The second kappa shape index (κ2) is 6.89. The van der Waals surface area contributed by atoms with Crippen LogP contribution in [0.4, 0.5) is 24.0 Å². The van der Waals surface area contributed by atoms with Crippen molar-refractivity contribution < 1.29 is 18.3 Å². The maximum absolute atomic E-state index is 12.6. The summed E-state index contributed by atoms with van der Waals surface area (Å²) in [4.78, 5) is 5.72. The van der Waals surface area contributed by atoms with Crippen molar-refractivity contribution in [1.29, 1.82) is 0 Å². The molecule has 0 radical (unpaired) electrons. The number of hydrogen-bond acceptors (Lipinski definition) is 5. The van der Waals surface area contributed by atoms with Gasteiger partial charge in [-0.1, -0.05) is 15.9 Å². The Hall–Kier alpha value is -1.32. The van der Waals surface area contributed by atoms with Crippen LogP contribution in [-0.4, -0.2) is 29.2 Å². The molecular weight excluding hydrogens is 407 g/mol. The van der Waals surface area contributed by atoms with E-state index in [1.165, 1.54) is 0 Å². The molecule has 0 amide bonds. The van der Waals surface area contributed by atoms with E-state index >= 15 is 0 Å². The summed E-state index contributed by atoms with van der Waals surface area (Å²) in [6.45, 7) is 1.35. The standard InChI is InChI=1S/C15H15BrF3N3OS/c16-10-1-2-12(9(5-10)7-23)22-4-3-11(6-22)20-14-21-13(8-24-14)15(17,18)19/h1-2,5,8,11,23H,3-4,6-7H2,(H,20,21)/t11-/m0/s1. The topological polar surface area (TPSA) is 48.4 Å². The summed E-state index contributed by atoms with van der Waals surface area (Å²) >= 11 is 4.34. The van der Waals surface area contributed by atoms with Crippen molar-refractivity contribution in [2.75, 3.05) is 23.3 Å². The Kier molecular flexibility index (Phi) is 5.03. The Morgan fingerprint density at radius 3 is 2.88 bits per heavy atom. The van der Waals surface area contributed by atoms with Crippen LogP contribution in [0.5, 0.6) is 0 Å². The molecule has 1 atom stereocenters. The van der Waals surface area contributed by atoms with Gasteiger partial charge in [0.05, 0.1) is 6.61 Å². The number of alkyl halides is 3. The molecule has 4 nitrogen and oxygen atoms in total. The maximum atomic E-state index is 12.6. The summed E-state index contributed by atoms with van der Waals surface area (Å²) in [6, 6.07) is 5.73. The zero-order valence-electron chi connectivity index (χ0n) is 12.5. The normalized spacial score (nSPS) is 18.2. The first-order valence-corrected chi connectivity index (χ1v) is 8.97. The van der Waals surface area contributed by atoms with Gasteiger partial charge in [0.25, 0.3) is 0 Å². The van der Waals surface area contributed by atoms with Crippen molar-refractivity contribution in [2.24, 2.45) is 0 Å². The van der Waals surface area contributed by atoms with E-state index in [4.69, 9.17) is 0 Å². The van der Waals surface area contributed by atoms with Gasteiger partial charge < -0.3 is 15.3 Å². The molecule has 1 fully saturated rings. The maximum Gasteiger partial charge on any atom is 0.434 e. The van der Waals surface area contributed by atoms with Gasteiger partial charge in [-0.25, -0.2) is 4.98 Å². The SMILES string of the molecule is OCc1cc(Br)ccc1N1CC[C@H](Nc2nc(C(F)(F)F)cs2)C1. The van der Waals surface area contributed by atoms with E-state index < -0.39 is 11.9 Å². The number of aliphatic hydroxyl groups is 1. The molecule has 24 heavy (non-hydrogen) atoms. The lowest BCUT2D eigenvalue weighted by Gasteiger charge is -2.22. The average Bonchev–Trinajstić information content (AvgIpc) is 3.16. The summed E-state index contributed by atoms with van der Waals surface area (Å²) in [7, 11) is 0. The minimum atomic E-state index is -4.41. The number of nitrogens with zero attached hydrogens (tertiary/aromatic N) is 2. The predicted octanol–water partition coefficient (Wildman–Crippen LogP) is 4.11. The van der Waals surface area contributed by atoms with Gasteiger partial charge >= 0.3 is 6.18 Å². The van der Waals surface area contributed by atoms with Crippen molar-refractivity contribution in [1.82, 2.24) is 4.98 Å². The monoisotopic (exact) mass is 421 g/mol. The zero-order chi connectivity index (χ0) is 17.3. The predicted molar refractivity (Wildman–Crippen MR) is 91.4 cm³/mol. The molecule has 0 unspecified atom stereocenters. The molecule has 130 valence electrons. The van der Waals surface area contributed by atoms with E-state index in [1.807, 2.05) is 18.2 Å². The van der Waals surface area contributed by atoms with Gasteiger partial charge in [-0.05, 0) is 24.6 Å². The van der Waals surface area contributed by atoms with Gasteiger partial charge in [0.15, 0.2) is 10.8 Å². The van der Waals surface area contributed by atoms with Crippen molar-refractivity contribution in [2.45, 2.75) is 25.2 Å². The van der Waals surface area contributed by atoms with Crippen LogP contribution >= 0.6 is 27.3 Å². The molecule has 2 N–H and O–H groups in total. The smallest absolute Gasteiger partial charge is 0.392 e. The Morgan fingerprint density at radius 2 is 2.21 bits per heavy atom. The van der Waals surface area contributed by atoms with Crippen LogP contribution in [0.25, 0.3) is 0 Å². The Labute approximate surface area is 149 Å². The van der Waals surface area contributed by atoms with Crippen molar-refractivity contribution in [3.05, 3.63) is 39.3 Å². The molecule has 9 heteroatoms. The van der Waals surface area contributed by atoms with Gasteiger partial charge in [-0.3, -0.25) is 0 Å². The van der Waals surface area contributed by atoms with Crippen LogP contribution in [0, 0.1) is 0 Å². The highest BCUT2D eigenvalue weighted by atomic mass is 79.9. The first-order chi connectivity index (χ1) is 11.4. The molecule has 0 spiro atoms. The minimum Gasteiger partial charge on any atom is -0.392 e. The van der Waals surface area contributed by atoms with Crippen LogP contribution in [0.1, 0.15) is 17.7 Å². The lowest BCUT2D eigenvalue weighted by Crippen LogP contribution is -2.26. The Bertz CT molecular complexity index is 722. The summed E-state index contributed by atoms with van der Waals surface area (Å²) < 4.78 is 38.7. The summed E-state index contributed by atoms with van der Waals surface area (Å²) in [5, 5.41) is 13.9. The zero-order valence-corrected chi connectivity index (χ0v) is 14.9. The first kappa shape index (κ1) is 17.5. The van der Waals surface area contributed by atoms with Gasteiger partial charge in [-0.2, -0.15) is 13.2 Å². The molecule has 1 saturated heterocycles. The van der Waals surface area contributed by atoms with Gasteiger partial charge in [0.2, 0.25) is 0 Å². The molecule has 1 aliphatic rings. The van der Waals surface area contributed by atoms with E-state index in [1.54, 1.807) is 0 Å². The fourth-order valence-electron chi connectivity index (χ4n) is 2.73. The Morgan fingerprint density at radius 1 is 1.42 bits per heavy atom. The molecule has 3 rings (SSSR count). The van der Waals surface area contributed by atoms with Crippen LogP contribution in [0.2, 0.25) is 0 Å². The number of aromatic nitrogens is 1. The fourth-order valence-corrected chi connectivity index (χ4v) is 3.93. The largest absolute Gasteiger partial charge is 0.434 e.